The Morgan fingerprint density at radius 2 is 1.74 bits per heavy atom. The summed E-state index contributed by atoms with van der Waals surface area (Å²) < 4.78 is 37.7. The molecule has 3 rings (SSSR count). The molecule has 0 unspecified atom stereocenters. The number of rotatable bonds is 1. The molecule has 0 bridgehead atoms. The monoisotopic (exact) mass is 284 g/mol. The third kappa shape index (κ3) is 2.15. The number of aromatic nitrogens is 1. The van der Waals surface area contributed by atoms with E-state index in [9.17, 15) is 13.2 Å². The molecule has 19 heavy (non-hydrogen) atoms. The Morgan fingerprint density at radius 1 is 1.16 bits per heavy atom. The molecule has 100 valence electrons. The van der Waals surface area contributed by atoms with E-state index in [-0.39, 0.29) is 0 Å². The van der Waals surface area contributed by atoms with E-state index in [0.717, 1.165) is 11.1 Å². The van der Waals surface area contributed by atoms with E-state index in [2.05, 4.69) is 4.98 Å². The molecular weight excluding hydrogens is 273 g/mol. The van der Waals surface area contributed by atoms with Crippen molar-refractivity contribution in [2.45, 2.75) is 24.6 Å². The van der Waals surface area contributed by atoms with Gasteiger partial charge in [0.15, 0.2) is 5.01 Å². The van der Waals surface area contributed by atoms with Crippen LogP contribution in [0.15, 0.2) is 30.5 Å². The van der Waals surface area contributed by atoms with Gasteiger partial charge in [-0.05, 0) is 24.0 Å². The first-order chi connectivity index (χ1) is 8.88. The zero-order valence-corrected chi connectivity index (χ0v) is 10.7. The van der Waals surface area contributed by atoms with Crippen LogP contribution >= 0.6 is 11.3 Å². The molecule has 1 heterocycles. The molecule has 0 fully saturated rings. The third-order valence-corrected chi connectivity index (χ3v) is 4.63. The fourth-order valence-corrected chi connectivity index (χ4v) is 3.34. The molecule has 0 saturated carbocycles. The molecule has 2 nitrogen and oxygen atoms in total. The van der Waals surface area contributed by atoms with E-state index in [0.29, 0.717) is 29.1 Å². The van der Waals surface area contributed by atoms with Gasteiger partial charge >= 0.3 is 6.18 Å². The van der Waals surface area contributed by atoms with Crippen LogP contribution in [0, 0.1) is 0 Å². The minimum atomic E-state index is -4.40. The first-order valence-electron chi connectivity index (χ1n) is 5.78. The maximum absolute atomic E-state index is 12.6. The molecule has 6 heteroatoms. The fraction of sp³-hybridized carbons (Fsp3) is 0.308. The van der Waals surface area contributed by atoms with E-state index < -0.39 is 16.7 Å². The van der Waals surface area contributed by atoms with E-state index in [1.807, 2.05) is 24.3 Å². The van der Waals surface area contributed by atoms with Gasteiger partial charge in [-0.15, -0.1) is 11.3 Å². The van der Waals surface area contributed by atoms with Gasteiger partial charge < -0.3 is 5.73 Å². The number of hydrogen-bond donors (Lipinski definition) is 1. The second kappa shape index (κ2) is 4.05. The van der Waals surface area contributed by atoms with Crippen molar-refractivity contribution in [3.05, 3.63) is 51.5 Å². The van der Waals surface area contributed by atoms with Crippen LogP contribution in [-0.2, 0) is 24.6 Å². The summed E-state index contributed by atoms with van der Waals surface area (Å²) >= 11 is 0.645. The van der Waals surface area contributed by atoms with Crippen LogP contribution in [0.25, 0.3) is 0 Å². The van der Waals surface area contributed by atoms with Crippen LogP contribution in [0.1, 0.15) is 21.0 Å². The normalized spacial score (nSPS) is 17.5. The molecule has 0 atom stereocenters. The summed E-state index contributed by atoms with van der Waals surface area (Å²) in [6.45, 7) is 0. The number of hydrogen-bond acceptors (Lipinski definition) is 3. The van der Waals surface area contributed by atoms with Crippen molar-refractivity contribution in [1.82, 2.24) is 4.98 Å². The summed E-state index contributed by atoms with van der Waals surface area (Å²) in [6.07, 6.45) is -2.02. The number of alkyl halides is 3. The number of halogens is 3. The Hall–Kier alpha value is -1.40. The van der Waals surface area contributed by atoms with Gasteiger partial charge in [0.25, 0.3) is 0 Å². The quantitative estimate of drug-likeness (QED) is 0.874. The lowest BCUT2D eigenvalue weighted by molar-refractivity contribution is -0.137. The minimum Gasteiger partial charge on any atom is -0.320 e. The Balaban J connectivity index is 1.94. The summed E-state index contributed by atoms with van der Waals surface area (Å²) in [4.78, 5) is 3.95. The summed E-state index contributed by atoms with van der Waals surface area (Å²) in [6, 6.07) is 7.77. The second-order valence-electron chi connectivity index (χ2n) is 4.81. The van der Waals surface area contributed by atoms with Gasteiger partial charge in [0.05, 0.1) is 5.54 Å². The van der Waals surface area contributed by atoms with E-state index >= 15 is 0 Å². The van der Waals surface area contributed by atoms with Crippen molar-refractivity contribution >= 4 is 11.3 Å². The molecular formula is C13H11F3N2S. The molecule has 0 spiro atoms. The first-order valence-corrected chi connectivity index (χ1v) is 6.59. The highest BCUT2D eigenvalue weighted by Gasteiger charge is 2.40. The fourth-order valence-electron chi connectivity index (χ4n) is 2.45. The zero-order chi connectivity index (χ0) is 13.7. The highest BCUT2D eigenvalue weighted by atomic mass is 32.1. The molecule has 2 aromatic rings. The average Bonchev–Trinajstić information content (AvgIpc) is 2.91. The molecule has 1 aliphatic carbocycles. The Labute approximate surface area is 112 Å². The molecule has 0 aliphatic heterocycles. The van der Waals surface area contributed by atoms with E-state index in [4.69, 9.17) is 5.73 Å². The Kier molecular flexibility index (Phi) is 2.69. The van der Waals surface area contributed by atoms with Gasteiger partial charge in [0.2, 0.25) is 0 Å². The van der Waals surface area contributed by atoms with Gasteiger partial charge in [-0.2, -0.15) is 13.2 Å². The van der Waals surface area contributed by atoms with Gasteiger partial charge in [-0.1, -0.05) is 24.3 Å². The topological polar surface area (TPSA) is 38.9 Å². The molecule has 1 aromatic heterocycles. The number of nitrogens with zero attached hydrogens (tertiary/aromatic N) is 1. The van der Waals surface area contributed by atoms with Crippen molar-refractivity contribution in [3.8, 4) is 0 Å². The van der Waals surface area contributed by atoms with Gasteiger partial charge in [-0.3, -0.25) is 0 Å². The van der Waals surface area contributed by atoms with Gasteiger partial charge in [0.1, 0.15) is 0 Å². The SMILES string of the molecule is NC1(c2cnc(C(F)(F)F)s2)Cc2ccccc2C1. The largest absolute Gasteiger partial charge is 0.443 e. The minimum absolute atomic E-state index is 0.496. The predicted molar refractivity (Wildman–Crippen MR) is 66.8 cm³/mol. The van der Waals surface area contributed by atoms with Crippen molar-refractivity contribution in [2.75, 3.05) is 0 Å². The number of nitrogens with two attached hydrogens (primary N) is 1. The van der Waals surface area contributed by atoms with Crippen molar-refractivity contribution in [1.29, 1.82) is 0 Å². The van der Waals surface area contributed by atoms with Crippen molar-refractivity contribution in [3.63, 3.8) is 0 Å². The number of benzene rings is 1. The van der Waals surface area contributed by atoms with Gasteiger partial charge in [0, 0.05) is 11.1 Å². The smallest absolute Gasteiger partial charge is 0.320 e. The maximum atomic E-state index is 12.6. The van der Waals surface area contributed by atoms with Crippen molar-refractivity contribution < 1.29 is 13.2 Å². The van der Waals surface area contributed by atoms with Crippen LogP contribution < -0.4 is 5.73 Å². The first kappa shape index (κ1) is 12.6. The van der Waals surface area contributed by atoms with Crippen molar-refractivity contribution in [2.24, 2.45) is 5.73 Å². The molecule has 0 saturated heterocycles. The molecule has 2 N–H and O–H groups in total. The lowest BCUT2D eigenvalue weighted by Crippen LogP contribution is -2.36. The summed E-state index contributed by atoms with van der Waals surface area (Å²) in [5, 5.41) is -0.830. The van der Waals surface area contributed by atoms with E-state index in [1.54, 1.807) is 0 Å². The molecule has 1 aliphatic rings. The lowest BCUT2D eigenvalue weighted by Gasteiger charge is -2.21. The van der Waals surface area contributed by atoms with Crippen LogP contribution in [0.2, 0.25) is 0 Å². The summed E-state index contributed by atoms with van der Waals surface area (Å²) in [7, 11) is 0. The Bertz CT molecular complexity index is 593. The van der Waals surface area contributed by atoms with Gasteiger partial charge in [-0.25, -0.2) is 4.98 Å². The molecule has 1 aromatic carbocycles. The molecule has 0 amide bonds. The zero-order valence-electron chi connectivity index (χ0n) is 9.87. The van der Waals surface area contributed by atoms with Crippen LogP contribution in [0.5, 0.6) is 0 Å². The average molecular weight is 284 g/mol. The number of fused-ring (bicyclic) bond motifs is 1. The third-order valence-electron chi connectivity index (χ3n) is 3.37. The predicted octanol–water partition coefficient (Wildman–Crippen LogP) is 3.11. The second-order valence-corrected chi connectivity index (χ2v) is 5.84. The highest BCUT2D eigenvalue weighted by Crippen LogP contribution is 2.41. The summed E-state index contributed by atoms with van der Waals surface area (Å²) in [5.74, 6) is 0. The van der Waals surface area contributed by atoms with Crippen LogP contribution in [-0.4, -0.2) is 4.98 Å². The standard InChI is InChI=1S/C13H11F3N2S/c14-13(15,16)11-18-7-10(19-11)12(17)5-8-3-1-2-4-9(8)6-12/h1-4,7H,5-6,17H2. The molecule has 0 radical (unpaired) electrons. The lowest BCUT2D eigenvalue weighted by atomic mass is 9.96. The summed E-state index contributed by atoms with van der Waals surface area (Å²) in [5.41, 5.74) is 7.74. The van der Waals surface area contributed by atoms with E-state index in [1.165, 1.54) is 6.20 Å². The number of thiazole rings is 1. The highest BCUT2D eigenvalue weighted by molar-refractivity contribution is 7.11. The van der Waals surface area contributed by atoms with Crippen LogP contribution in [0.3, 0.4) is 0 Å². The van der Waals surface area contributed by atoms with Crippen LogP contribution in [0.4, 0.5) is 13.2 Å². The maximum Gasteiger partial charge on any atom is 0.443 e. The Morgan fingerprint density at radius 3 is 2.21 bits per heavy atom.